The standard InChI is InChI=1S/C11H22NO7P/c1-11(2,6-12(3)4)5-7(9(13)14)8(10(15)16)20(17,18)19/h7-8H,5-6H2,1-4H3,(H,13,14)(H,15,16)(H2,17,18,19). The van der Waals surface area contributed by atoms with Gasteiger partial charge < -0.3 is 24.9 Å². The molecule has 0 aromatic carbocycles. The maximum absolute atomic E-state index is 11.3. The van der Waals surface area contributed by atoms with Crippen LogP contribution in [-0.4, -0.2) is 63.1 Å². The van der Waals surface area contributed by atoms with E-state index in [2.05, 4.69) is 0 Å². The van der Waals surface area contributed by atoms with E-state index in [4.69, 9.17) is 20.0 Å². The van der Waals surface area contributed by atoms with Gasteiger partial charge in [0.05, 0.1) is 5.92 Å². The van der Waals surface area contributed by atoms with E-state index < -0.39 is 36.5 Å². The molecular weight excluding hydrogens is 289 g/mol. The number of carbonyl (C=O) groups is 2. The highest BCUT2D eigenvalue weighted by molar-refractivity contribution is 7.53. The molecule has 20 heavy (non-hydrogen) atoms. The summed E-state index contributed by atoms with van der Waals surface area (Å²) in [5.41, 5.74) is -2.84. The zero-order chi connectivity index (χ0) is 16.3. The van der Waals surface area contributed by atoms with Crippen molar-refractivity contribution in [2.75, 3.05) is 20.6 Å². The summed E-state index contributed by atoms with van der Waals surface area (Å²) in [6.07, 6.45) is -0.150. The zero-order valence-electron chi connectivity index (χ0n) is 12.0. The second kappa shape index (κ2) is 6.67. The lowest BCUT2D eigenvalue weighted by Gasteiger charge is -2.32. The topological polar surface area (TPSA) is 135 Å². The fourth-order valence-corrected chi connectivity index (χ4v) is 3.39. The predicted octanol–water partition coefficient (Wildman–Crippen LogP) is 0.296. The summed E-state index contributed by atoms with van der Waals surface area (Å²) >= 11 is 0. The van der Waals surface area contributed by atoms with Crippen LogP contribution in [0.2, 0.25) is 0 Å². The van der Waals surface area contributed by atoms with Crippen LogP contribution in [-0.2, 0) is 14.2 Å². The molecule has 2 atom stereocenters. The van der Waals surface area contributed by atoms with Crippen molar-refractivity contribution >= 4 is 19.5 Å². The number of aliphatic carboxylic acids is 2. The van der Waals surface area contributed by atoms with Crippen molar-refractivity contribution in [3.05, 3.63) is 0 Å². The quantitative estimate of drug-likeness (QED) is 0.470. The van der Waals surface area contributed by atoms with E-state index >= 15 is 0 Å². The lowest BCUT2D eigenvalue weighted by molar-refractivity contribution is -0.149. The number of carboxylic acids is 2. The Morgan fingerprint density at radius 1 is 1.15 bits per heavy atom. The average molecular weight is 311 g/mol. The molecule has 0 rings (SSSR count). The molecule has 0 saturated carbocycles. The number of hydrogen-bond donors (Lipinski definition) is 4. The SMILES string of the molecule is CN(C)CC(C)(C)CC(C(=O)O)C(C(=O)O)P(=O)(O)O. The highest BCUT2D eigenvalue weighted by atomic mass is 31.2. The maximum Gasteiger partial charge on any atom is 0.340 e. The van der Waals surface area contributed by atoms with Crippen LogP contribution in [0, 0.1) is 11.3 Å². The average Bonchev–Trinajstić information content (AvgIpc) is 2.10. The summed E-state index contributed by atoms with van der Waals surface area (Å²) in [6.45, 7) is 3.91. The molecule has 0 spiro atoms. The van der Waals surface area contributed by atoms with Crippen molar-refractivity contribution in [1.82, 2.24) is 4.90 Å². The molecule has 0 saturated heterocycles. The maximum atomic E-state index is 11.3. The minimum atomic E-state index is -5.06. The van der Waals surface area contributed by atoms with Crippen molar-refractivity contribution in [1.29, 1.82) is 0 Å². The first-order chi connectivity index (χ1) is 8.78. The summed E-state index contributed by atoms with van der Waals surface area (Å²) in [5.74, 6) is -4.97. The van der Waals surface area contributed by atoms with Crippen LogP contribution in [0.25, 0.3) is 0 Å². The van der Waals surface area contributed by atoms with Crippen LogP contribution < -0.4 is 0 Å². The van der Waals surface area contributed by atoms with Crippen molar-refractivity contribution in [2.24, 2.45) is 11.3 Å². The normalized spacial score (nSPS) is 15.9. The second-order valence-corrected chi connectivity index (χ2v) is 7.66. The monoisotopic (exact) mass is 311 g/mol. The smallest absolute Gasteiger partial charge is 0.340 e. The Kier molecular flexibility index (Phi) is 6.35. The summed E-state index contributed by atoms with van der Waals surface area (Å²) in [5, 5.41) is 18.1. The number of hydrogen-bond acceptors (Lipinski definition) is 4. The molecule has 0 aliphatic rings. The Hall–Kier alpha value is -0.950. The van der Waals surface area contributed by atoms with Gasteiger partial charge >= 0.3 is 19.5 Å². The highest BCUT2D eigenvalue weighted by Gasteiger charge is 2.47. The van der Waals surface area contributed by atoms with Gasteiger partial charge in [-0.3, -0.25) is 14.2 Å². The third kappa shape index (κ3) is 6.00. The van der Waals surface area contributed by atoms with Crippen LogP contribution in [0.3, 0.4) is 0 Å². The molecule has 4 N–H and O–H groups in total. The van der Waals surface area contributed by atoms with Crippen LogP contribution in [0.15, 0.2) is 0 Å². The molecule has 2 unspecified atom stereocenters. The molecule has 118 valence electrons. The van der Waals surface area contributed by atoms with Gasteiger partial charge in [-0.15, -0.1) is 0 Å². The van der Waals surface area contributed by atoms with E-state index in [-0.39, 0.29) is 6.42 Å². The minimum absolute atomic E-state index is 0.150. The fraction of sp³-hybridized carbons (Fsp3) is 0.818. The van der Waals surface area contributed by atoms with Crippen LogP contribution in [0.5, 0.6) is 0 Å². The lowest BCUT2D eigenvalue weighted by atomic mass is 9.81. The zero-order valence-corrected chi connectivity index (χ0v) is 12.9. The predicted molar refractivity (Wildman–Crippen MR) is 71.5 cm³/mol. The molecule has 8 nitrogen and oxygen atoms in total. The second-order valence-electron chi connectivity index (χ2n) is 5.92. The van der Waals surface area contributed by atoms with Gasteiger partial charge in [0.1, 0.15) is 0 Å². The van der Waals surface area contributed by atoms with E-state index in [9.17, 15) is 14.2 Å². The first-order valence-corrected chi connectivity index (χ1v) is 7.61. The Balaban J connectivity index is 5.39. The molecular formula is C11H22NO7P. The summed E-state index contributed by atoms with van der Waals surface area (Å²) in [7, 11) is -1.51. The Morgan fingerprint density at radius 2 is 1.60 bits per heavy atom. The van der Waals surface area contributed by atoms with Crippen LogP contribution in [0.4, 0.5) is 0 Å². The van der Waals surface area contributed by atoms with Gasteiger partial charge in [0.2, 0.25) is 0 Å². The van der Waals surface area contributed by atoms with Crippen molar-refractivity contribution < 1.29 is 34.2 Å². The van der Waals surface area contributed by atoms with Crippen molar-refractivity contribution in [3.8, 4) is 0 Å². The number of carboxylic acid groups (broad SMARTS) is 2. The van der Waals surface area contributed by atoms with Gasteiger partial charge in [-0.2, -0.15) is 0 Å². The van der Waals surface area contributed by atoms with Gasteiger partial charge in [-0.25, -0.2) is 0 Å². The van der Waals surface area contributed by atoms with E-state index in [0.29, 0.717) is 6.54 Å². The van der Waals surface area contributed by atoms with Gasteiger partial charge in [-0.05, 0) is 25.9 Å². The van der Waals surface area contributed by atoms with E-state index in [1.165, 1.54) is 0 Å². The van der Waals surface area contributed by atoms with E-state index in [1.54, 1.807) is 32.8 Å². The molecule has 0 heterocycles. The lowest BCUT2D eigenvalue weighted by Crippen LogP contribution is -2.40. The number of nitrogens with zero attached hydrogens (tertiary/aromatic N) is 1. The Bertz CT molecular complexity index is 415. The van der Waals surface area contributed by atoms with Crippen LogP contribution in [0.1, 0.15) is 20.3 Å². The van der Waals surface area contributed by atoms with Gasteiger partial charge in [-0.1, -0.05) is 13.8 Å². The number of rotatable bonds is 8. The van der Waals surface area contributed by atoms with Gasteiger partial charge in [0, 0.05) is 6.54 Å². The van der Waals surface area contributed by atoms with Crippen molar-refractivity contribution in [2.45, 2.75) is 25.9 Å². The molecule has 0 bridgehead atoms. The third-order valence-electron chi connectivity index (χ3n) is 2.83. The van der Waals surface area contributed by atoms with Crippen LogP contribution >= 0.6 is 7.60 Å². The molecule has 0 radical (unpaired) electrons. The first kappa shape index (κ1) is 19.1. The molecule has 9 heteroatoms. The Morgan fingerprint density at radius 3 is 1.85 bits per heavy atom. The molecule has 0 aliphatic carbocycles. The Labute approximate surface area is 117 Å². The molecule has 0 aliphatic heterocycles. The fourth-order valence-electron chi connectivity index (χ4n) is 2.40. The summed E-state index contributed by atoms with van der Waals surface area (Å²) in [6, 6.07) is 0. The summed E-state index contributed by atoms with van der Waals surface area (Å²) < 4.78 is 11.3. The molecule has 0 fully saturated rings. The van der Waals surface area contributed by atoms with E-state index in [1.807, 2.05) is 0 Å². The van der Waals surface area contributed by atoms with Gasteiger partial charge in [0.25, 0.3) is 0 Å². The molecule has 0 aromatic rings. The van der Waals surface area contributed by atoms with Crippen molar-refractivity contribution in [3.63, 3.8) is 0 Å². The molecule has 0 aromatic heterocycles. The molecule has 0 amide bonds. The largest absolute Gasteiger partial charge is 0.481 e. The van der Waals surface area contributed by atoms with Gasteiger partial charge in [0.15, 0.2) is 5.66 Å². The summed E-state index contributed by atoms with van der Waals surface area (Å²) in [4.78, 5) is 42.3. The first-order valence-electron chi connectivity index (χ1n) is 5.93. The van der Waals surface area contributed by atoms with E-state index in [0.717, 1.165) is 0 Å². The highest BCUT2D eigenvalue weighted by Crippen LogP contribution is 2.47. The minimum Gasteiger partial charge on any atom is -0.481 e. The third-order valence-corrected chi connectivity index (χ3v) is 4.14.